The third-order valence-corrected chi connectivity index (χ3v) is 4.99. The van der Waals surface area contributed by atoms with Crippen LogP contribution in [0.1, 0.15) is 30.2 Å². The van der Waals surface area contributed by atoms with Crippen LogP contribution in [-0.4, -0.2) is 28.0 Å². The molecular formula is C15H18N4O3S. The summed E-state index contributed by atoms with van der Waals surface area (Å²) in [7, 11) is 0. The number of aromatic nitrogens is 2. The minimum atomic E-state index is -0.546. The Labute approximate surface area is 136 Å². The number of imide groups is 1. The second kappa shape index (κ2) is 6.49. The maximum absolute atomic E-state index is 12.6. The normalized spacial score (nSPS) is 13.1. The van der Waals surface area contributed by atoms with E-state index in [-0.39, 0.29) is 12.1 Å². The maximum Gasteiger partial charge on any atom is 0.321 e. The number of nitrogens with zero attached hydrogens (tertiary/aromatic N) is 2. The molecule has 3 rings (SSSR count). The average molecular weight is 334 g/mol. The van der Waals surface area contributed by atoms with E-state index in [1.807, 2.05) is 6.92 Å². The standard InChI is InChI=1S/C15H18N4O3S/c1-2-6-16-15(22)18-11(20)7-19-8-17-13-12(14(19)21)9-4-3-5-10(9)23-13/h8H,2-7H2,1H3,(H2,16,18,20,22). The molecule has 2 aromatic heterocycles. The summed E-state index contributed by atoms with van der Waals surface area (Å²) in [4.78, 5) is 42.2. The van der Waals surface area contributed by atoms with Crippen LogP contribution in [0.15, 0.2) is 11.1 Å². The third kappa shape index (κ3) is 3.12. The Morgan fingerprint density at radius 1 is 1.39 bits per heavy atom. The lowest BCUT2D eigenvalue weighted by Crippen LogP contribution is -2.42. The first-order valence-corrected chi connectivity index (χ1v) is 8.49. The summed E-state index contributed by atoms with van der Waals surface area (Å²) in [6.45, 7) is 2.20. The van der Waals surface area contributed by atoms with Gasteiger partial charge in [-0.1, -0.05) is 6.92 Å². The Hall–Kier alpha value is -2.22. The molecule has 2 heterocycles. The zero-order valence-electron chi connectivity index (χ0n) is 12.8. The highest BCUT2D eigenvalue weighted by molar-refractivity contribution is 7.18. The lowest BCUT2D eigenvalue weighted by atomic mass is 10.2. The molecule has 0 aromatic carbocycles. The number of thiophene rings is 1. The van der Waals surface area contributed by atoms with Crippen LogP contribution in [0.4, 0.5) is 4.79 Å². The molecule has 0 atom stereocenters. The predicted molar refractivity (Wildman–Crippen MR) is 87.7 cm³/mol. The van der Waals surface area contributed by atoms with E-state index in [0.717, 1.165) is 36.1 Å². The van der Waals surface area contributed by atoms with Crippen molar-refractivity contribution in [3.05, 3.63) is 27.1 Å². The van der Waals surface area contributed by atoms with E-state index in [2.05, 4.69) is 15.6 Å². The Kier molecular flexibility index (Phi) is 4.42. The summed E-state index contributed by atoms with van der Waals surface area (Å²) in [6, 6.07) is -0.546. The molecule has 3 amide bonds. The summed E-state index contributed by atoms with van der Waals surface area (Å²) in [6.07, 6.45) is 5.10. The number of hydrogen-bond donors (Lipinski definition) is 2. The molecule has 7 nitrogen and oxygen atoms in total. The van der Waals surface area contributed by atoms with Gasteiger partial charge in [0.05, 0.1) is 11.7 Å². The lowest BCUT2D eigenvalue weighted by molar-refractivity contribution is -0.120. The Bertz CT molecular complexity index is 824. The van der Waals surface area contributed by atoms with Gasteiger partial charge >= 0.3 is 6.03 Å². The van der Waals surface area contributed by atoms with Crippen molar-refractivity contribution in [1.82, 2.24) is 20.2 Å². The summed E-state index contributed by atoms with van der Waals surface area (Å²) in [5.41, 5.74) is 0.872. The Morgan fingerprint density at radius 2 is 2.22 bits per heavy atom. The highest BCUT2D eigenvalue weighted by Gasteiger charge is 2.21. The van der Waals surface area contributed by atoms with Gasteiger partial charge in [0.2, 0.25) is 5.91 Å². The van der Waals surface area contributed by atoms with E-state index in [1.165, 1.54) is 15.8 Å². The van der Waals surface area contributed by atoms with Gasteiger partial charge in [0.1, 0.15) is 11.4 Å². The van der Waals surface area contributed by atoms with Gasteiger partial charge < -0.3 is 5.32 Å². The van der Waals surface area contributed by atoms with Crippen LogP contribution >= 0.6 is 11.3 Å². The predicted octanol–water partition coefficient (Wildman–Crippen LogP) is 1.18. The second-order valence-corrected chi connectivity index (χ2v) is 6.60. The van der Waals surface area contributed by atoms with E-state index in [1.54, 1.807) is 11.3 Å². The van der Waals surface area contributed by atoms with Gasteiger partial charge in [-0.2, -0.15) is 0 Å². The second-order valence-electron chi connectivity index (χ2n) is 5.52. The lowest BCUT2D eigenvalue weighted by Gasteiger charge is -2.07. The number of hydrogen-bond acceptors (Lipinski definition) is 5. The van der Waals surface area contributed by atoms with Crippen molar-refractivity contribution in [1.29, 1.82) is 0 Å². The maximum atomic E-state index is 12.6. The zero-order valence-corrected chi connectivity index (χ0v) is 13.7. The first-order valence-electron chi connectivity index (χ1n) is 7.67. The van der Waals surface area contributed by atoms with Gasteiger partial charge in [0.15, 0.2) is 0 Å². The van der Waals surface area contributed by atoms with Crippen LogP contribution < -0.4 is 16.2 Å². The van der Waals surface area contributed by atoms with Crippen LogP contribution in [0, 0.1) is 0 Å². The fourth-order valence-corrected chi connectivity index (χ4v) is 3.96. The van der Waals surface area contributed by atoms with Gasteiger partial charge in [0.25, 0.3) is 5.56 Å². The van der Waals surface area contributed by atoms with Crippen molar-refractivity contribution in [2.75, 3.05) is 6.54 Å². The number of rotatable bonds is 4. The molecule has 2 aromatic rings. The average Bonchev–Trinajstić information content (AvgIpc) is 3.08. The minimum Gasteiger partial charge on any atom is -0.338 e. The number of aryl methyl sites for hydroxylation is 2. The summed E-state index contributed by atoms with van der Waals surface area (Å²) in [5.74, 6) is -0.534. The number of fused-ring (bicyclic) bond motifs is 3. The molecule has 1 aliphatic rings. The third-order valence-electron chi connectivity index (χ3n) is 3.79. The van der Waals surface area contributed by atoms with Crippen molar-refractivity contribution in [2.24, 2.45) is 0 Å². The molecule has 0 saturated heterocycles. The molecule has 0 spiro atoms. The van der Waals surface area contributed by atoms with Gasteiger partial charge in [-0.05, 0) is 31.2 Å². The summed E-state index contributed by atoms with van der Waals surface area (Å²) >= 11 is 1.56. The van der Waals surface area contributed by atoms with Crippen molar-refractivity contribution in [3.8, 4) is 0 Å². The fourth-order valence-electron chi connectivity index (χ4n) is 2.74. The first kappa shape index (κ1) is 15.7. The molecular weight excluding hydrogens is 316 g/mol. The van der Waals surface area contributed by atoms with Gasteiger partial charge in [-0.3, -0.25) is 19.5 Å². The fraction of sp³-hybridized carbons (Fsp3) is 0.467. The quantitative estimate of drug-likeness (QED) is 0.878. The van der Waals surface area contributed by atoms with Crippen LogP contribution in [0.5, 0.6) is 0 Å². The minimum absolute atomic E-state index is 0.210. The van der Waals surface area contributed by atoms with Crippen molar-refractivity contribution in [3.63, 3.8) is 0 Å². The molecule has 0 bridgehead atoms. The van der Waals surface area contributed by atoms with E-state index in [4.69, 9.17) is 0 Å². The monoisotopic (exact) mass is 334 g/mol. The molecule has 1 aliphatic carbocycles. The SMILES string of the molecule is CCCNC(=O)NC(=O)Cn1cnc2sc3c(c2c1=O)CCC3. The molecule has 8 heteroatoms. The number of urea groups is 1. The molecule has 0 aliphatic heterocycles. The Balaban J connectivity index is 1.78. The number of carbonyl (C=O) groups excluding carboxylic acids is 2. The summed E-state index contributed by atoms with van der Waals surface area (Å²) in [5, 5.41) is 5.39. The number of nitrogens with one attached hydrogen (secondary N) is 2. The topological polar surface area (TPSA) is 93.1 Å². The molecule has 0 saturated carbocycles. The highest BCUT2D eigenvalue weighted by atomic mass is 32.1. The van der Waals surface area contributed by atoms with Crippen LogP contribution in [0.2, 0.25) is 0 Å². The molecule has 0 radical (unpaired) electrons. The van der Waals surface area contributed by atoms with E-state index in [9.17, 15) is 14.4 Å². The van der Waals surface area contributed by atoms with Crippen LogP contribution in [-0.2, 0) is 24.2 Å². The van der Waals surface area contributed by atoms with Gasteiger partial charge in [0, 0.05) is 11.4 Å². The zero-order chi connectivity index (χ0) is 16.4. The van der Waals surface area contributed by atoms with E-state index in [0.29, 0.717) is 11.9 Å². The largest absolute Gasteiger partial charge is 0.338 e. The number of carbonyl (C=O) groups is 2. The molecule has 0 unspecified atom stereocenters. The molecule has 122 valence electrons. The van der Waals surface area contributed by atoms with Crippen molar-refractivity contribution < 1.29 is 9.59 Å². The van der Waals surface area contributed by atoms with Crippen molar-refractivity contribution >= 4 is 33.5 Å². The smallest absolute Gasteiger partial charge is 0.321 e. The molecule has 2 N–H and O–H groups in total. The Morgan fingerprint density at radius 3 is 3.00 bits per heavy atom. The van der Waals surface area contributed by atoms with Crippen LogP contribution in [0.25, 0.3) is 10.2 Å². The van der Waals surface area contributed by atoms with Crippen molar-refractivity contribution in [2.45, 2.75) is 39.2 Å². The summed E-state index contributed by atoms with van der Waals surface area (Å²) < 4.78 is 1.26. The highest BCUT2D eigenvalue weighted by Crippen LogP contribution is 2.34. The van der Waals surface area contributed by atoms with E-state index < -0.39 is 11.9 Å². The van der Waals surface area contributed by atoms with Gasteiger partial charge in [-0.25, -0.2) is 9.78 Å². The molecule has 0 fully saturated rings. The number of amides is 3. The van der Waals surface area contributed by atoms with Gasteiger partial charge in [-0.15, -0.1) is 11.3 Å². The molecule has 23 heavy (non-hydrogen) atoms. The first-order chi connectivity index (χ1) is 11.1. The van der Waals surface area contributed by atoms with Crippen LogP contribution in [0.3, 0.4) is 0 Å². The van der Waals surface area contributed by atoms with E-state index >= 15 is 0 Å².